The Bertz CT molecular complexity index is 473. The maximum absolute atomic E-state index is 12.1. The number of fused-ring (bicyclic) bond motifs is 1. The van der Waals surface area contributed by atoms with Gasteiger partial charge in [-0.05, 0) is 30.2 Å². The Hall–Kier alpha value is -1.07. The maximum Gasteiger partial charge on any atom is 0.246 e. The molecule has 0 bridgehead atoms. The Kier molecular flexibility index (Phi) is 3.64. The van der Waals surface area contributed by atoms with Crippen molar-refractivity contribution in [2.45, 2.75) is 13.8 Å². The summed E-state index contributed by atoms with van der Waals surface area (Å²) in [6.07, 6.45) is 0. The van der Waals surface area contributed by atoms with Gasteiger partial charge in [0.25, 0.3) is 0 Å². The Balaban J connectivity index is 2.36. The molecule has 0 aromatic heterocycles. The number of nitrogens with one attached hydrogen (secondary N) is 1. The Morgan fingerprint density at radius 1 is 1.50 bits per heavy atom. The second-order valence-corrected chi connectivity index (χ2v) is 6.28. The van der Waals surface area contributed by atoms with E-state index < -0.39 is 0 Å². The summed E-state index contributed by atoms with van der Waals surface area (Å²) in [7, 11) is 0. The summed E-state index contributed by atoms with van der Waals surface area (Å²) in [5.41, 5.74) is 7.58. The van der Waals surface area contributed by atoms with Crippen LogP contribution in [0.4, 0.5) is 11.4 Å². The molecule has 5 heteroatoms. The average molecular weight is 312 g/mol. The third-order valence-corrected chi connectivity index (χ3v) is 3.61. The predicted molar refractivity (Wildman–Crippen MR) is 77.8 cm³/mol. The monoisotopic (exact) mass is 311 g/mol. The predicted octanol–water partition coefficient (Wildman–Crippen LogP) is 2.19. The van der Waals surface area contributed by atoms with Gasteiger partial charge in [0.05, 0.1) is 17.9 Å². The summed E-state index contributed by atoms with van der Waals surface area (Å²) < 4.78 is 0.966. The van der Waals surface area contributed by atoms with Crippen molar-refractivity contribution in [2.24, 2.45) is 11.1 Å². The number of rotatable bonds is 3. The molecule has 0 aliphatic carbocycles. The normalized spacial score (nSPS) is 15.3. The smallest absolute Gasteiger partial charge is 0.246 e. The van der Waals surface area contributed by atoms with Crippen LogP contribution in [-0.2, 0) is 4.79 Å². The van der Waals surface area contributed by atoms with Crippen molar-refractivity contribution in [3.8, 4) is 0 Å². The summed E-state index contributed by atoms with van der Waals surface area (Å²) in [6, 6.07) is 5.91. The molecule has 2 rings (SSSR count). The molecule has 18 heavy (non-hydrogen) atoms. The Morgan fingerprint density at radius 2 is 2.22 bits per heavy atom. The zero-order valence-electron chi connectivity index (χ0n) is 10.7. The van der Waals surface area contributed by atoms with Crippen molar-refractivity contribution in [1.82, 2.24) is 0 Å². The lowest BCUT2D eigenvalue weighted by Crippen LogP contribution is -2.46. The van der Waals surface area contributed by atoms with E-state index in [1.165, 1.54) is 0 Å². The van der Waals surface area contributed by atoms with Crippen molar-refractivity contribution in [1.29, 1.82) is 0 Å². The van der Waals surface area contributed by atoms with Gasteiger partial charge in [-0.25, -0.2) is 0 Å². The molecule has 1 aliphatic heterocycles. The first-order chi connectivity index (χ1) is 8.43. The molecule has 0 saturated carbocycles. The number of anilines is 2. The summed E-state index contributed by atoms with van der Waals surface area (Å²) in [6.45, 7) is 5.66. The van der Waals surface area contributed by atoms with E-state index in [2.05, 4.69) is 35.1 Å². The number of amides is 1. The minimum atomic E-state index is -0.0907. The van der Waals surface area contributed by atoms with Crippen LogP contribution >= 0.6 is 15.9 Å². The fourth-order valence-electron chi connectivity index (χ4n) is 1.94. The molecular formula is C13H18BrN3O. The second-order valence-electron chi connectivity index (χ2n) is 5.36. The van der Waals surface area contributed by atoms with Crippen LogP contribution in [0.5, 0.6) is 0 Å². The fourth-order valence-corrected chi connectivity index (χ4v) is 2.29. The van der Waals surface area contributed by atoms with Crippen LogP contribution in [0.15, 0.2) is 22.7 Å². The number of carbonyl (C=O) groups is 1. The molecule has 0 saturated heterocycles. The number of carbonyl (C=O) groups excluding carboxylic acids is 1. The topological polar surface area (TPSA) is 58.4 Å². The SMILES string of the molecule is CC(C)(CN)CN1C(=O)CNc2ccc(Br)cc21. The highest BCUT2D eigenvalue weighted by molar-refractivity contribution is 9.10. The van der Waals surface area contributed by atoms with Gasteiger partial charge in [-0.1, -0.05) is 29.8 Å². The fraction of sp³-hybridized carbons (Fsp3) is 0.462. The number of halogens is 1. The van der Waals surface area contributed by atoms with E-state index >= 15 is 0 Å². The minimum Gasteiger partial charge on any atom is -0.374 e. The van der Waals surface area contributed by atoms with Gasteiger partial charge in [-0.2, -0.15) is 0 Å². The van der Waals surface area contributed by atoms with Crippen molar-refractivity contribution in [2.75, 3.05) is 29.9 Å². The third kappa shape index (κ3) is 2.67. The van der Waals surface area contributed by atoms with Crippen LogP contribution < -0.4 is 16.0 Å². The number of nitrogens with zero attached hydrogens (tertiary/aromatic N) is 1. The van der Waals surface area contributed by atoms with Gasteiger partial charge in [-0.15, -0.1) is 0 Å². The number of nitrogens with two attached hydrogens (primary N) is 1. The maximum atomic E-state index is 12.1. The first kappa shape index (κ1) is 13.4. The largest absolute Gasteiger partial charge is 0.374 e. The van der Waals surface area contributed by atoms with Gasteiger partial charge in [0, 0.05) is 11.0 Å². The molecular weight excluding hydrogens is 294 g/mol. The molecule has 0 fully saturated rings. The number of hydrogen-bond acceptors (Lipinski definition) is 3. The van der Waals surface area contributed by atoms with Gasteiger partial charge < -0.3 is 16.0 Å². The standard InChI is InChI=1S/C13H18BrN3O/c1-13(2,7-15)8-17-11-5-9(14)3-4-10(11)16-6-12(17)18/h3-5,16H,6-8,15H2,1-2H3. The summed E-state index contributed by atoms with van der Waals surface area (Å²) in [4.78, 5) is 13.9. The van der Waals surface area contributed by atoms with Crippen LogP contribution in [0, 0.1) is 5.41 Å². The zero-order valence-corrected chi connectivity index (χ0v) is 12.3. The lowest BCUT2D eigenvalue weighted by molar-refractivity contribution is -0.117. The van der Waals surface area contributed by atoms with Crippen molar-refractivity contribution < 1.29 is 4.79 Å². The highest BCUT2D eigenvalue weighted by atomic mass is 79.9. The van der Waals surface area contributed by atoms with Crippen LogP contribution in [-0.4, -0.2) is 25.5 Å². The summed E-state index contributed by atoms with van der Waals surface area (Å²) >= 11 is 3.44. The third-order valence-electron chi connectivity index (χ3n) is 3.12. The molecule has 1 aromatic rings. The van der Waals surface area contributed by atoms with Crippen LogP contribution in [0.3, 0.4) is 0 Å². The number of hydrogen-bond donors (Lipinski definition) is 2. The Labute approximate surface area is 116 Å². The van der Waals surface area contributed by atoms with Crippen LogP contribution in [0.2, 0.25) is 0 Å². The van der Waals surface area contributed by atoms with E-state index in [9.17, 15) is 4.79 Å². The molecule has 1 heterocycles. The van der Waals surface area contributed by atoms with Gasteiger partial charge in [-0.3, -0.25) is 4.79 Å². The van der Waals surface area contributed by atoms with E-state index in [1.54, 1.807) is 0 Å². The lowest BCUT2D eigenvalue weighted by atomic mass is 9.92. The van der Waals surface area contributed by atoms with Crippen molar-refractivity contribution in [3.63, 3.8) is 0 Å². The van der Waals surface area contributed by atoms with Crippen LogP contribution in [0.25, 0.3) is 0 Å². The quantitative estimate of drug-likeness (QED) is 0.899. The van der Waals surface area contributed by atoms with Crippen molar-refractivity contribution >= 4 is 33.2 Å². The second kappa shape index (κ2) is 4.90. The molecule has 3 N–H and O–H groups in total. The average Bonchev–Trinajstić information content (AvgIpc) is 2.33. The van der Waals surface area contributed by atoms with E-state index in [-0.39, 0.29) is 11.3 Å². The highest BCUT2D eigenvalue weighted by Crippen LogP contribution is 2.34. The molecule has 1 aromatic carbocycles. The van der Waals surface area contributed by atoms with Gasteiger partial charge in [0.1, 0.15) is 0 Å². The minimum absolute atomic E-state index is 0.0853. The molecule has 0 unspecified atom stereocenters. The van der Waals surface area contributed by atoms with Gasteiger partial charge >= 0.3 is 0 Å². The van der Waals surface area contributed by atoms with E-state index in [0.29, 0.717) is 19.6 Å². The van der Waals surface area contributed by atoms with E-state index in [4.69, 9.17) is 5.73 Å². The molecule has 0 atom stereocenters. The number of benzene rings is 1. The highest BCUT2D eigenvalue weighted by Gasteiger charge is 2.29. The molecule has 0 radical (unpaired) electrons. The van der Waals surface area contributed by atoms with Crippen molar-refractivity contribution in [3.05, 3.63) is 22.7 Å². The molecule has 1 aliphatic rings. The molecule has 0 spiro atoms. The van der Waals surface area contributed by atoms with Gasteiger partial charge in [0.15, 0.2) is 0 Å². The summed E-state index contributed by atoms with van der Waals surface area (Å²) in [5.74, 6) is 0.0853. The first-order valence-electron chi connectivity index (χ1n) is 5.97. The summed E-state index contributed by atoms with van der Waals surface area (Å²) in [5, 5.41) is 3.13. The molecule has 4 nitrogen and oxygen atoms in total. The Morgan fingerprint density at radius 3 is 2.89 bits per heavy atom. The van der Waals surface area contributed by atoms with Crippen LogP contribution in [0.1, 0.15) is 13.8 Å². The van der Waals surface area contributed by atoms with E-state index in [0.717, 1.165) is 15.8 Å². The molecule has 1 amide bonds. The first-order valence-corrected chi connectivity index (χ1v) is 6.76. The molecule has 98 valence electrons. The van der Waals surface area contributed by atoms with E-state index in [1.807, 2.05) is 23.1 Å². The van der Waals surface area contributed by atoms with Gasteiger partial charge in [0.2, 0.25) is 5.91 Å². The zero-order chi connectivity index (χ0) is 13.3. The lowest BCUT2D eigenvalue weighted by Gasteiger charge is -2.36.